The van der Waals surface area contributed by atoms with Gasteiger partial charge in [-0.3, -0.25) is 0 Å². The Hall–Kier alpha value is -8.72. The lowest BCUT2D eigenvalue weighted by Crippen LogP contribution is -2.09. The highest BCUT2D eigenvalue weighted by atomic mass is 16.3. The lowest BCUT2D eigenvalue weighted by atomic mass is 9.95. The third kappa shape index (κ3) is 7.31. The first-order valence-corrected chi connectivity index (χ1v) is 22.6. The van der Waals surface area contributed by atoms with Gasteiger partial charge in [0.1, 0.15) is 11.2 Å². The zero-order chi connectivity index (χ0) is 43.8. The molecule has 12 rings (SSSR count). The molecule has 0 amide bonds. The molecule has 0 atom stereocenters. The van der Waals surface area contributed by atoms with Crippen LogP contribution in [0.4, 0.5) is 17.1 Å². The van der Waals surface area contributed by atoms with Gasteiger partial charge in [0.05, 0.1) is 0 Å². The summed E-state index contributed by atoms with van der Waals surface area (Å²) in [5.41, 5.74) is 19.2. The molecule has 0 saturated carbocycles. The molecule has 2 nitrogen and oxygen atoms in total. The number of nitrogens with zero attached hydrogens (tertiary/aromatic N) is 1. The highest BCUT2D eigenvalue weighted by Crippen LogP contribution is 2.41. The molecular formula is C64H43NO. The smallest absolute Gasteiger partial charge is 0.143 e. The van der Waals surface area contributed by atoms with Crippen LogP contribution >= 0.6 is 0 Å². The first-order chi connectivity index (χ1) is 32.7. The van der Waals surface area contributed by atoms with Gasteiger partial charge < -0.3 is 9.32 Å². The maximum atomic E-state index is 6.43. The van der Waals surface area contributed by atoms with Crippen molar-refractivity contribution in [2.45, 2.75) is 0 Å². The zero-order valence-electron chi connectivity index (χ0n) is 36.2. The molecule has 0 fully saturated rings. The summed E-state index contributed by atoms with van der Waals surface area (Å²) < 4.78 is 6.43. The Balaban J connectivity index is 0.893. The van der Waals surface area contributed by atoms with Crippen LogP contribution in [0.25, 0.3) is 99.5 Å². The number of fused-ring (bicyclic) bond motifs is 4. The van der Waals surface area contributed by atoms with Crippen LogP contribution in [0.5, 0.6) is 0 Å². The van der Waals surface area contributed by atoms with E-state index in [2.05, 4.69) is 254 Å². The average Bonchev–Trinajstić information content (AvgIpc) is 3.79. The maximum Gasteiger partial charge on any atom is 0.143 e. The molecule has 1 heterocycles. The second kappa shape index (κ2) is 16.8. The van der Waals surface area contributed by atoms with Crippen molar-refractivity contribution in [3.63, 3.8) is 0 Å². The van der Waals surface area contributed by atoms with Crippen LogP contribution in [0, 0.1) is 0 Å². The van der Waals surface area contributed by atoms with E-state index in [1.807, 2.05) is 12.1 Å². The molecule has 0 radical (unpaired) electrons. The van der Waals surface area contributed by atoms with Gasteiger partial charge in [-0.25, -0.2) is 0 Å². The molecule has 2 heteroatoms. The predicted octanol–water partition coefficient (Wildman–Crippen LogP) is 18.2. The van der Waals surface area contributed by atoms with Crippen LogP contribution in [0.15, 0.2) is 265 Å². The summed E-state index contributed by atoms with van der Waals surface area (Å²) in [4.78, 5) is 2.35. The van der Waals surface area contributed by atoms with Crippen LogP contribution in [-0.4, -0.2) is 0 Å². The van der Waals surface area contributed by atoms with E-state index < -0.39 is 0 Å². The van der Waals surface area contributed by atoms with E-state index in [9.17, 15) is 0 Å². The minimum atomic E-state index is 0.906. The number of benzene rings is 11. The van der Waals surface area contributed by atoms with Gasteiger partial charge in [0, 0.05) is 33.4 Å². The van der Waals surface area contributed by atoms with Crippen molar-refractivity contribution in [3.05, 3.63) is 261 Å². The van der Waals surface area contributed by atoms with Gasteiger partial charge in [0.15, 0.2) is 0 Å². The molecule has 0 spiro atoms. The van der Waals surface area contributed by atoms with E-state index in [1.54, 1.807) is 0 Å². The van der Waals surface area contributed by atoms with Crippen LogP contribution in [-0.2, 0) is 0 Å². The number of para-hydroxylation sites is 2. The van der Waals surface area contributed by atoms with Gasteiger partial charge in [0.25, 0.3) is 0 Å². The third-order valence-electron chi connectivity index (χ3n) is 12.9. The first-order valence-electron chi connectivity index (χ1n) is 22.6. The summed E-state index contributed by atoms with van der Waals surface area (Å²) in [5, 5.41) is 4.78. The molecule has 0 aliphatic carbocycles. The molecule has 11 aromatic carbocycles. The monoisotopic (exact) mass is 841 g/mol. The Morgan fingerprint density at radius 3 is 1.21 bits per heavy atom. The van der Waals surface area contributed by atoms with E-state index in [0.29, 0.717) is 0 Å². The topological polar surface area (TPSA) is 16.4 Å². The molecule has 12 aromatic rings. The second-order valence-corrected chi connectivity index (χ2v) is 16.9. The lowest BCUT2D eigenvalue weighted by molar-refractivity contribution is 0.670. The van der Waals surface area contributed by atoms with E-state index in [1.165, 1.54) is 55.3 Å². The Labute approximate surface area is 384 Å². The summed E-state index contributed by atoms with van der Waals surface area (Å²) in [6, 6.07) is 93.8. The second-order valence-electron chi connectivity index (χ2n) is 16.9. The molecule has 0 bridgehead atoms. The quantitative estimate of drug-likeness (QED) is 0.144. The van der Waals surface area contributed by atoms with Crippen molar-refractivity contribution >= 4 is 49.8 Å². The Morgan fingerprint density at radius 2 is 0.621 bits per heavy atom. The first kappa shape index (κ1) is 38.9. The fourth-order valence-electron chi connectivity index (χ4n) is 9.55. The van der Waals surface area contributed by atoms with Crippen molar-refractivity contribution in [2.24, 2.45) is 0 Å². The van der Waals surface area contributed by atoms with E-state index in [-0.39, 0.29) is 0 Å². The molecule has 1 aromatic heterocycles. The third-order valence-corrected chi connectivity index (χ3v) is 12.9. The van der Waals surface area contributed by atoms with Crippen LogP contribution < -0.4 is 4.90 Å². The summed E-state index contributed by atoms with van der Waals surface area (Å²) in [6.45, 7) is 0. The zero-order valence-corrected chi connectivity index (χ0v) is 36.2. The molecule has 0 saturated heterocycles. The Bertz CT molecular complexity index is 3670. The van der Waals surface area contributed by atoms with Gasteiger partial charge in [-0.05, 0) is 133 Å². The van der Waals surface area contributed by atoms with Crippen LogP contribution in [0.1, 0.15) is 0 Å². The van der Waals surface area contributed by atoms with Gasteiger partial charge >= 0.3 is 0 Å². The SMILES string of the molecule is c1ccc(-c2cccc(-c3ccc(N(c4ccc(-c5cccc(-c6cccc7ccccc67)c5)cc4)c4ccc(-c5cccc(-c6cccc7c6oc6ccccc67)c5)cc4)cc3)c2)cc1. The molecular weight excluding hydrogens is 799 g/mol. The van der Waals surface area contributed by atoms with Gasteiger partial charge in [-0.1, -0.05) is 200 Å². The van der Waals surface area contributed by atoms with E-state index >= 15 is 0 Å². The number of hydrogen-bond donors (Lipinski definition) is 0. The maximum absolute atomic E-state index is 6.43. The molecule has 0 aliphatic rings. The summed E-state index contributed by atoms with van der Waals surface area (Å²) in [5.74, 6) is 0. The van der Waals surface area contributed by atoms with Gasteiger partial charge in [-0.2, -0.15) is 0 Å². The Kier molecular flexibility index (Phi) is 9.89. The number of furan rings is 1. The molecule has 0 N–H and O–H groups in total. The minimum Gasteiger partial charge on any atom is -0.455 e. The van der Waals surface area contributed by atoms with Crippen LogP contribution in [0.3, 0.4) is 0 Å². The highest BCUT2D eigenvalue weighted by Gasteiger charge is 2.16. The van der Waals surface area contributed by atoms with Crippen molar-refractivity contribution in [2.75, 3.05) is 4.90 Å². The number of anilines is 3. The van der Waals surface area contributed by atoms with Crippen LogP contribution in [0.2, 0.25) is 0 Å². The molecule has 0 unspecified atom stereocenters. The van der Waals surface area contributed by atoms with Gasteiger partial charge in [-0.15, -0.1) is 0 Å². The summed E-state index contributed by atoms with van der Waals surface area (Å²) in [6.07, 6.45) is 0. The normalized spacial score (nSPS) is 11.3. The van der Waals surface area contributed by atoms with Crippen molar-refractivity contribution in [1.82, 2.24) is 0 Å². The van der Waals surface area contributed by atoms with E-state index in [0.717, 1.165) is 61.3 Å². The number of rotatable bonds is 9. The molecule has 0 aliphatic heterocycles. The van der Waals surface area contributed by atoms with Crippen molar-refractivity contribution in [3.8, 4) is 66.8 Å². The van der Waals surface area contributed by atoms with Crippen molar-refractivity contribution < 1.29 is 4.42 Å². The summed E-state index contributed by atoms with van der Waals surface area (Å²) in [7, 11) is 0. The molecule has 310 valence electrons. The largest absolute Gasteiger partial charge is 0.455 e. The van der Waals surface area contributed by atoms with Crippen molar-refractivity contribution in [1.29, 1.82) is 0 Å². The predicted molar refractivity (Wildman–Crippen MR) is 279 cm³/mol. The van der Waals surface area contributed by atoms with E-state index in [4.69, 9.17) is 4.42 Å². The highest BCUT2D eigenvalue weighted by molar-refractivity contribution is 6.09. The Morgan fingerprint density at radius 1 is 0.242 bits per heavy atom. The molecule has 66 heavy (non-hydrogen) atoms. The summed E-state index contributed by atoms with van der Waals surface area (Å²) >= 11 is 0. The minimum absolute atomic E-state index is 0.906. The standard InChI is InChI=1S/C64H43NO/c1-2-13-44(14-3-1)49-17-8-18-50(41-49)45-29-35-55(36-30-45)65(56-37-31-46(32-38-56)51-19-9-21-53(42-51)59-25-11-16-48-15-4-5-23-58(48)59)57-39-33-47(34-40-57)52-20-10-22-54(43-52)60-26-12-27-62-61-24-6-7-28-63(61)66-64(60)62/h1-43H. The fraction of sp³-hybridized carbons (Fsp3) is 0. The fourth-order valence-corrected chi connectivity index (χ4v) is 9.55. The van der Waals surface area contributed by atoms with Gasteiger partial charge in [0.2, 0.25) is 0 Å². The number of hydrogen-bond acceptors (Lipinski definition) is 2. The lowest BCUT2D eigenvalue weighted by Gasteiger charge is -2.26. The average molecular weight is 842 g/mol.